The third kappa shape index (κ3) is 4.62. The Morgan fingerprint density at radius 3 is 2.35 bits per heavy atom. The lowest BCUT2D eigenvalue weighted by atomic mass is 10.1. The van der Waals surface area contributed by atoms with Crippen LogP contribution in [-0.2, 0) is 17.9 Å². The Morgan fingerprint density at radius 2 is 1.69 bits per heavy atom. The van der Waals surface area contributed by atoms with Crippen molar-refractivity contribution in [3.05, 3.63) is 65.2 Å². The minimum atomic E-state index is 0.104. The second-order valence-electron chi connectivity index (χ2n) is 6.55. The number of methoxy groups -OCH3 is 2. The highest BCUT2D eigenvalue weighted by Gasteiger charge is 2.22. The van der Waals surface area contributed by atoms with Crippen molar-refractivity contribution < 1.29 is 14.3 Å². The predicted octanol–water partition coefficient (Wildman–Crippen LogP) is 2.80. The number of ether oxygens (including phenoxy) is 2. The molecule has 0 atom stereocenters. The average molecular weight is 354 g/mol. The van der Waals surface area contributed by atoms with Crippen molar-refractivity contribution in [1.29, 1.82) is 0 Å². The molecule has 1 heterocycles. The largest absolute Gasteiger partial charge is 0.497 e. The molecule has 138 valence electrons. The van der Waals surface area contributed by atoms with Gasteiger partial charge in [0.05, 0.1) is 13.7 Å². The van der Waals surface area contributed by atoms with E-state index in [9.17, 15) is 4.79 Å². The number of nitrogens with zero attached hydrogens (tertiary/aromatic N) is 2. The summed E-state index contributed by atoms with van der Waals surface area (Å²) in [5.41, 5.74) is 3.03. The molecular weight excluding hydrogens is 328 g/mol. The maximum Gasteiger partial charge on any atom is 0.253 e. The van der Waals surface area contributed by atoms with Gasteiger partial charge in [0.1, 0.15) is 5.75 Å². The van der Waals surface area contributed by atoms with Crippen LogP contribution in [0.1, 0.15) is 21.5 Å². The van der Waals surface area contributed by atoms with Crippen molar-refractivity contribution in [3.8, 4) is 5.75 Å². The van der Waals surface area contributed by atoms with E-state index in [1.54, 1.807) is 14.2 Å². The van der Waals surface area contributed by atoms with Crippen LogP contribution < -0.4 is 4.74 Å². The predicted molar refractivity (Wildman–Crippen MR) is 101 cm³/mol. The maximum atomic E-state index is 12.7. The van der Waals surface area contributed by atoms with E-state index < -0.39 is 0 Å². The monoisotopic (exact) mass is 354 g/mol. The molecule has 5 nitrogen and oxygen atoms in total. The molecule has 2 aromatic carbocycles. The standard InChI is InChI=1S/C21H26N2O3/c1-25-16-18-4-3-5-19(14-18)21(24)23-12-10-22(11-13-23)15-17-6-8-20(26-2)9-7-17/h3-9,14H,10-13,15-16H2,1-2H3. The van der Waals surface area contributed by atoms with Crippen molar-refractivity contribution in [2.75, 3.05) is 40.4 Å². The summed E-state index contributed by atoms with van der Waals surface area (Å²) >= 11 is 0. The summed E-state index contributed by atoms with van der Waals surface area (Å²) in [7, 11) is 3.34. The van der Waals surface area contributed by atoms with E-state index in [0.29, 0.717) is 6.61 Å². The van der Waals surface area contributed by atoms with Gasteiger partial charge in [0.15, 0.2) is 0 Å². The summed E-state index contributed by atoms with van der Waals surface area (Å²) in [6, 6.07) is 15.9. The van der Waals surface area contributed by atoms with Crippen LogP contribution in [0.15, 0.2) is 48.5 Å². The van der Waals surface area contributed by atoms with Crippen molar-refractivity contribution >= 4 is 5.91 Å². The summed E-state index contributed by atoms with van der Waals surface area (Å²) in [6.07, 6.45) is 0. The summed E-state index contributed by atoms with van der Waals surface area (Å²) in [5, 5.41) is 0. The third-order valence-corrected chi connectivity index (χ3v) is 4.71. The molecule has 0 aromatic heterocycles. The highest BCUT2D eigenvalue weighted by Crippen LogP contribution is 2.16. The molecule has 1 aliphatic rings. The summed E-state index contributed by atoms with van der Waals surface area (Å²) in [4.78, 5) is 17.1. The van der Waals surface area contributed by atoms with Crippen molar-refractivity contribution in [2.24, 2.45) is 0 Å². The van der Waals surface area contributed by atoms with Gasteiger partial charge in [-0.2, -0.15) is 0 Å². The molecule has 0 aliphatic carbocycles. The van der Waals surface area contributed by atoms with Gasteiger partial charge in [0.2, 0.25) is 0 Å². The van der Waals surface area contributed by atoms with Crippen LogP contribution in [0.2, 0.25) is 0 Å². The lowest BCUT2D eigenvalue weighted by molar-refractivity contribution is 0.0628. The molecule has 1 amide bonds. The Morgan fingerprint density at radius 1 is 0.962 bits per heavy atom. The molecule has 1 fully saturated rings. The Bertz CT molecular complexity index is 722. The van der Waals surface area contributed by atoms with Crippen LogP contribution in [0.5, 0.6) is 5.75 Å². The fraction of sp³-hybridized carbons (Fsp3) is 0.381. The normalized spacial score (nSPS) is 15.1. The topological polar surface area (TPSA) is 42.0 Å². The number of rotatable bonds is 6. The first-order valence-corrected chi connectivity index (χ1v) is 8.92. The quantitative estimate of drug-likeness (QED) is 0.800. The zero-order valence-corrected chi connectivity index (χ0v) is 15.5. The number of benzene rings is 2. The van der Waals surface area contributed by atoms with Gasteiger partial charge in [-0.25, -0.2) is 0 Å². The Labute approximate surface area is 155 Å². The summed E-state index contributed by atoms with van der Waals surface area (Å²) in [6.45, 7) is 4.70. The molecule has 0 unspecified atom stereocenters. The molecule has 0 spiro atoms. The van der Waals surface area contributed by atoms with Crippen LogP contribution in [0, 0.1) is 0 Å². The van der Waals surface area contributed by atoms with Gasteiger partial charge in [0.25, 0.3) is 5.91 Å². The van der Waals surface area contributed by atoms with E-state index in [1.165, 1.54) is 5.56 Å². The lowest BCUT2D eigenvalue weighted by Gasteiger charge is -2.34. The van der Waals surface area contributed by atoms with Gasteiger partial charge >= 0.3 is 0 Å². The van der Waals surface area contributed by atoms with E-state index in [4.69, 9.17) is 9.47 Å². The van der Waals surface area contributed by atoms with Crippen LogP contribution in [0.4, 0.5) is 0 Å². The number of piperazine rings is 1. The number of carbonyl (C=O) groups is 1. The number of hydrogen-bond acceptors (Lipinski definition) is 4. The van der Waals surface area contributed by atoms with Crippen molar-refractivity contribution in [2.45, 2.75) is 13.2 Å². The summed E-state index contributed by atoms with van der Waals surface area (Å²) in [5.74, 6) is 0.979. The fourth-order valence-electron chi connectivity index (χ4n) is 3.24. The molecule has 26 heavy (non-hydrogen) atoms. The lowest BCUT2D eigenvalue weighted by Crippen LogP contribution is -2.48. The zero-order chi connectivity index (χ0) is 18.4. The average Bonchev–Trinajstić information content (AvgIpc) is 2.69. The van der Waals surface area contributed by atoms with Crippen LogP contribution >= 0.6 is 0 Å². The Hall–Kier alpha value is -2.37. The first-order valence-electron chi connectivity index (χ1n) is 8.92. The van der Waals surface area contributed by atoms with E-state index >= 15 is 0 Å². The third-order valence-electron chi connectivity index (χ3n) is 4.71. The van der Waals surface area contributed by atoms with Crippen LogP contribution in [0.3, 0.4) is 0 Å². The van der Waals surface area contributed by atoms with Gasteiger partial charge in [-0.05, 0) is 35.4 Å². The number of amides is 1. The molecule has 0 radical (unpaired) electrons. The highest BCUT2D eigenvalue weighted by molar-refractivity contribution is 5.94. The van der Waals surface area contributed by atoms with Crippen molar-refractivity contribution in [1.82, 2.24) is 9.80 Å². The highest BCUT2D eigenvalue weighted by atomic mass is 16.5. The molecule has 3 rings (SSSR count). The first-order chi connectivity index (χ1) is 12.7. The summed E-state index contributed by atoms with van der Waals surface area (Å²) < 4.78 is 10.4. The second-order valence-corrected chi connectivity index (χ2v) is 6.55. The van der Waals surface area contributed by atoms with Gasteiger partial charge < -0.3 is 14.4 Å². The molecule has 2 aromatic rings. The van der Waals surface area contributed by atoms with E-state index in [0.717, 1.165) is 49.6 Å². The van der Waals surface area contributed by atoms with Gasteiger partial charge in [0, 0.05) is 45.4 Å². The molecular formula is C21H26N2O3. The molecule has 1 saturated heterocycles. The number of hydrogen-bond donors (Lipinski definition) is 0. The van der Waals surface area contributed by atoms with Gasteiger partial charge in [-0.3, -0.25) is 9.69 Å². The van der Waals surface area contributed by atoms with E-state index in [1.807, 2.05) is 41.3 Å². The number of carbonyl (C=O) groups excluding carboxylic acids is 1. The van der Waals surface area contributed by atoms with Gasteiger partial charge in [-0.15, -0.1) is 0 Å². The van der Waals surface area contributed by atoms with E-state index in [2.05, 4.69) is 17.0 Å². The van der Waals surface area contributed by atoms with Crippen LogP contribution in [-0.4, -0.2) is 56.1 Å². The molecule has 1 aliphatic heterocycles. The van der Waals surface area contributed by atoms with Crippen molar-refractivity contribution in [3.63, 3.8) is 0 Å². The first kappa shape index (κ1) is 18.4. The Balaban J connectivity index is 1.54. The SMILES string of the molecule is COCc1cccc(C(=O)N2CCN(Cc3ccc(OC)cc3)CC2)c1. The fourth-order valence-corrected chi connectivity index (χ4v) is 3.24. The minimum Gasteiger partial charge on any atom is -0.497 e. The minimum absolute atomic E-state index is 0.104. The molecule has 0 saturated carbocycles. The second kappa shape index (κ2) is 8.83. The maximum absolute atomic E-state index is 12.7. The van der Waals surface area contributed by atoms with Crippen LogP contribution in [0.25, 0.3) is 0 Å². The molecule has 5 heteroatoms. The van der Waals surface area contributed by atoms with Gasteiger partial charge in [-0.1, -0.05) is 24.3 Å². The van der Waals surface area contributed by atoms with E-state index in [-0.39, 0.29) is 5.91 Å². The Kier molecular flexibility index (Phi) is 6.26. The molecule has 0 bridgehead atoms. The smallest absolute Gasteiger partial charge is 0.253 e. The molecule has 0 N–H and O–H groups in total. The zero-order valence-electron chi connectivity index (χ0n) is 15.5.